The zero-order valence-corrected chi connectivity index (χ0v) is 11.2. The van der Waals surface area contributed by atoms with E-state index in [2.05, 4.69) is 15.3 Å². The quantitative estimate of drug-likeness (QED) is 0.849. The van der Waals surface area contributed by atoms with Gasteiger partial charge < -0.3 is 10.5 Å². The van der Waals surface area contributed by atoms with Crippen molar-refractivity contribution in [3.8, 4) is 0 Å². The van der Waals surface area contributed by atoms with Crippen molar-refractivity contribution in [1.82, 2.24) is 9.88 Å². The molecule has 1 unspecified atom stereocenters. The van der Waals surface area contributed by atoms with Crippen LogP contribution in [0.3, 0.4) is 0 Å². The van der Waals surface area contributed by atoms with Gasteiger partial charge >= 0.3 is 0 Å². The SMILES string of the molecule is CC(N)Cc1csc(CCN2CCOCC2)n1. The van der Waals surface area contributed by atoms with E-state index in [0.717, 1.165) is 51.4 Å². The molecule has 1 atom stereocenters. The second-order valence-electron chi connectivity index (χ2n) is 4.62. The predicted molar refractivity (Wildman–Crippen MR) is 70.4 cm³/mol. The maximum Gasteiger partial charge on any atom is 0.0941 e. The topological polar surface area (TPSA) is 51.4 Å². The summed E-state index contributed by atoms with van der Waals surface area (Å²) in [6.45, 7) is 6.96. The van der Waals surface area contributed by atoms with Gasteiger partial charge in [-0.1, -0.05) is 0 Å². The molecule has 0 spiro atoms. The molecular weight excluding hydrogens is 234 g/mol. The summed E-state index contributed by atoms with van der Waals surface area (Å²) in [4.78, 5) is 7.06. The van der Waals surface area contributed by atoms with Crippen molar-refractivity contribution in [2.75, 3.05) is 32.8 Å². The van der Waals surface area contributed by atoms with Gasteiger partial charge in [-0.25, -0.2) is 4.98 Å². The highest BCUT2D eigenvalue weighted by Gasteiger charge is 2.11. The summed E-state index contributed by atoms with van der Waals surface area (Å²) in [5.74, 6) is 0. The Morgan fingerprint density at radius 3 is 3.00 bits per heavy atom. The van der Waals surface area contributed by atoms with Crippen LogP contribution in [0.1, 0.15) is 17.6 Å². The minimum Gasteiger partial charge on any atom is -0.379 e. The van der Waals surface area contributed by atoms with Crippen molar-refractivity contribution in [1.29, 1.82) is 0 Å². The molecule has 1 saturated heterocycles. The minimum absolute atomic E-state index is 0.198. The molecule has 0 aromatic carbocycles. The first-order valence-electron chi connectivity index (χ1n) is 6.23. The Bertz CT molecular complexity index is 334. The third-order valence-electron chi connectivity index (χ3n) is 2.88. The number of thiazole rings is 1. The third kappa shape index (κ3) is 4.35. The minimum atomic E-state index is 0.198. The Morgan fingerprint density at radius 2 is 2.29 bits per heavy atom. The molecule has 2 rings (SSSR count). The van der Waals surface area contributed by atoms with Gasteiger partial charge in [0.15, 0.2) is 0 Å². The second kappa shape index (κ2) is 6.44. The number of nitrogens with zero attached hydrogens (tertiary/aromatic N) is 2. The van der Waals surface area contributed by atoms with Crippen molar-refractivity contribution in [3.05, 3.63) is 16.1 Å². The Balaban J connectivity index is 1.76. The monoisotopic (exact) mass is 255 g/mol. The van der Waals surface area contributed by atoms with Gasteiger partial charge in [0.25, 0.3) is 0 Å². The molecule has 1 aromatic rings. The molecule has 1 fully saturated rings. The molecule has 4 nitrogen and oxygen atoms in total. The van der Waals surface area contributed by atoms with Crippen LogP contribution < -0.4 is 5.73 Å². The van der Waals surface area contributed by atoms with Gasteiger partial charge in [-0.05, 0) is 6.92 Å². The van der Waals surface area contributed by atoms with E-state index < -0.39 is 0 Å². The number of hydrogen-bond donors (Lipinski definition) is 1. The van der Waals surface area contributed by atoms with E-state index in [1.54, 1.807) is 11.3 Å². The van der Waals surface area contributed by atoms with Crippen molar-refractivity contribution < 1.29 is 4.74 Å². The lowest BCUT2D eigenvalue weighted by Gasteiger charge is -2.25. The van der Waals surface area contributed by atoms with Crippen LogP contribution in [-0.2, 0) is 17.6 Å². The van der Waals surface area contributed by atoms with Gasteiger partial charge in [0.2, 0.25) is 0 Å². The maximum atomic E-state index is 5.77. The van der Waals surface area contributed by atoms with Gasteiger partial charge in [0, 0.05) is 43.9 Å². The lowest BCUT2D eigenvalue weighted by molar-refractivity contribution is 0.0384. The van der Waals surface area contributed by atoms with Gasteiger partial charge in [0.1, 0.15) is 0 Å². The van der Waals surface area contributed by atoms with Crippen molar-refractivity contribution in [3.63, 3.8) is 0 Å². The number of hydrogen-bond acceptors (Lipinski definition) is 5. The summed E-state index contributed by atoms with van der Waals surface area (Å²) in [7, 11) is 0. The first-order chi connectivity index (χ1) is 8.24. The van der Waals surface area contributed by atoms with Gasteiger partial charge in [0.05, 0.1) is 23.9 Å². The van der Waals surface area contributed by atoms with Gasteiger partial charge in [-0.15, -0.1) is 11.3 Å². The molecule has 17 heavy (non-hydrogen) atoms. The molecule has 2 N–H and O–H groups in total. The lowest BCUT2D eigenvalue weighted by Crippen LogP contribution is -2.37. The first kappa shape index (κ1) is 13.0. The first-order valence-corrected chi connectivity index (χ1v) is 7.11. The van der Waals surface area contributed by atoms with E-state index in [4.69, 9.17) is 10.5 Å². The predicted octanol–water partition coefficient (Wildman–Crippen LogP) is 0.907. The van der Waals surface area contributed by atoms with Crippen molar-refractivity contribution in [2.45, 2.75) is 25.8 Å². The van der Waals surface area contributed by atoms with E-state index in [9.17, 15) is 0 Å². The maximum absolute atomic E-state index is 5.77. The summed E-state index contributed by atoms with van der Waals surface area (Å²) in [5, 5.41) is 3.37. The summed E-state index contributed by atoms with van der Waals surface area (Å²) in [5.41, 5.74) is 6.91. The fourth-order valence-electron chi connectivity index (χ4n) is 1.97. The van der Waals surface area contributed by atoms with E-state index in [-0.39, 0.29) is 6.04 Å². The number of ether oxygens (including phenoxy) is 1. The van der Waals surface area contributed by atoms with E-state index in [0.29, 0.717) is 0 Å². The van der Waals surface area contributed by atoms with Crippen LogP contribution in [0, 0.1) is 0 Å². The number of nitrogens with two attached hydrogens (primary N) is 1. The number of rotatable bonds is 5. The Morgan fingerprint density at radius 1 is 1.53 bits per heavy atom. The van der Waals surface area contributed by atoms with Crippen LogP contribution in [0.2, 0.25) is 0 Å². The molecule has 1 aliphatic rings. The smallest absolute Gasteiger partial charge is 0.0941 e. The highest BCUT2D eigenvalue weighted by Crippen LogP contribution is 2.12. The third-order valence-corrected chi connectivity index (χ3v) is 3.83. The molecule has 1 aromatic heterocycles. The summed E-state index contributed by atoms with van der Waals surface area (Å²) in [6.07, 6.45) is 1.93. The molecule has 96 valence electrons. The molecule has 0 bridgehead atoms. The van der Waals surface area contributed by atoms with Crippen LogP contribution in [0.5, 0.6) is 0 Å². The second-order valence-corrected chi connectivity index (χ2v) is 5.56. The van der Waals surface area contributed by atoms with E-state index >= 15 is 0 Å². The Kier molecular flexibility index (Phi) is 4.91. The van der Waals surface area contributed by atoms with Crippen molar-refractivity contribution in [2.24, 2.45) is 5.73 Å². The standard InChI is InChI=1S/C12H21N3OS/c1-10(13)8-11-9-17-12(14-11)2-3-15-4-6-16-7-5-15/h9-10H,2-8,13H2,1H3. The highest BCUT2D eigenvalue weighted by molar-refractivity contribution is 7.09. The zero-order chi connectivity index (χ0) is 12.1. The molecule has 0 radical (unpaired) electrons. The summed E-state index contributed by atoms with van der Waals surface area (Å²) in [6, 6.07) is 0.198. The molecule has 5 heteroatoms. The number of aromatic nitrogens is 1. The van der Waals surface area contributed by atoms with Crippen LogP contribution in [0.15, 0.2) is 5.38 Å². The van der Waals surface area contributed by atoms with Gasteiger partial charge in [-0.3, -0.25) is 4.90 Å². The molecule has 0 aliphatic carbocycles. The molecule has 0 saturated carbocycles. The molecule has 2 heterocycles. The average Bonchev–Trinajstić information content (AvgIpc) is 2.75. The number of morpholine rings is 1. The Hall–Kier alpha value is -0.490. The largest absolute Gasteiger partial charge is 0.379 e. The van der Waals surface area contributed by atoms with Crippen molar-refractivity contribution >= 4 is 11.3 Å². The zero-order valence-electron chi connectivity index (χ0n) is 10.4. The fourth-order valence-corrected chi connectivity index (χ4v) is 2.77. The average molecular weight is 255 g/mol. The van der Waals surface area contributed by atoms with Crippen LogP contribution in [-0.4, -0.2) is 48.8 Å². The fraction of sp³-hybridized carbons (Fsp3) is 0.750. The molecule has 1 aliphatic heterocycles. The van der Waals surface area contributed by atoms with Crippen LogP contribution >= 0.6 is 11.3 Å². The Labute approximate surface area is 107 Å². The summed E-state index contributed by atoms with van der Waals surface area (Å²) < 4.78 is 5.33. The van der Waals surface area contributed by atoms with Crippen LogP contribution in [0.4, 0.5) is 0 Å². The highest BCUT2D eigenvalue weighted by atomic mass is 32.1. The van der Waals surface area contributed by atoms with Gasteiger partial charge in [-0.2, -0.15) is 0 Å². The van der Waals surface area contributed by atoms with Crippen LogP contribution in [0.25, 0.3) is 0 Å². The van der Waals surface area contributed by atoms with E-state index in [1.165, 1.54) is 5.01 Å². The summed E-state index contributed by atoms with van der Waals surface area (Å²) >= 11 is 1.76. The molecular formula is C12H21N3OS. The van der Waals surface area contributed by atoms with E-state index in [1.807, 2.05) is 6.92 Å². The normalized spacial score (nSPS) is 19.4. The lowest BCUT2D eigenvalue weighted by atomic mass is 10.2. The molecule has 0 amide bonds.